The van der Waals surface area contributed by atoms with Crippen LogP contribution >= 0.6 is 11.3 Å². The summed E-state index contributed by atoms with van der Waals surface area (Å²) in [7, 11) is 1.28. The topological polar surface area (TPSA) is 95.9 Å². The molecule has 0 saturated heterocycles. The number of carbonyl (C=O) groups is 1. The van der Waals surface area contributed by atoms with Gasteiger partial charge in [0.15, 0.2) is 5.69 Å². The van der Waals surface area contributed by atoms with Gasteiger partial charge in [-0.15, -0.1) is 10.2 Å². The molecule has 0 aliphatic rings. The highest BCUT2D eigenvalue weighted by Gasteiger charge is 2.19. The summed E-state index contributed by atoms with van der Waals surface area (Å²) in [5, 5.41) is 9.68. The Hall–Kier alpha value is -1.96. The lowest BCUT2D eigenvalue weighted by molar-refractivity contribution is 0.0596. The number of esters is 1. The predicted octanol–water partition coefficient (Wildman–Crippen LogP) is 1.29. The zero-order valence-corrected chi connectivity index (χ0v) is 11.8. The zero-order chi connectivity index (χ0) is 14.0. The summed E-state index contributed by atoms with van der Waals surface area (Å²) in [4.78, 5) is 15.4. The summed E-state index contributed by atoms with van der Waals surface area (Å²) >= 11 is 1.43. The van der Waals surface area contributed by atoms with Gasteiger partial charge < -0.3 is 10.5 Å². The lowest BCUT2D eigenvalue weighted by Gasteiger charge is -2.00. The van der Waals surface area contributed by atoms with Crippen LogP contribution in [0.25, 0.3) is 5.13 Å². The van der Waals surface area contributed by atoms with Crippen molar-refractivity contribution in [2.45, 2.75) is 20.3 Å². The lowest BCUT2D eigenvalue weighted by Crippen LogP contribution is -2.07. The number of hydrogen-bond donors (Lipinski definition) is 1. The maximum atomic E-state index is 11.4. The highest BCUT2D eigenvalue weighted by atomic mass is 32.1. The Bertz CT molecular complexity index is 590. The number of nitrogens with zero attached hydrogens (tertiary/aromatic N) is 4. The molecule has 0 aromatic carbocycles. The molecule has 2 N–H and O–H groups in total. The molecule has 0 unspecified atom stereocenters. The summed E-state index contributed by atoms with van der Waals surface area (Å²) in [6, 6.07) is 0. The van der Waals surface area contributed by atoms with Crippen molar-refractivity contribution in [3.05, 3.63) is 17.0 Å². The lowest BCUT2D eigenvalue weighted by atomic mass is 10.1. The highest BCUT2D eigenvalue weighted by Crippen LogP contribution is 2.22. The molecular formula is C11H15N5O2S. The van der Waals surface area contributed by atoms with Crippen LogP contribution in [0.15, 0.2) is 6.33 Å². The molecule has 0 spiro atoms. The average molecular weight is 281 g/mol. The number of aromatic nitrogens is 4. The third kappa shape index (κ3) is 2.73. The number of rotatable bonds is 4. The smallest absolute Gasteiger partial charge is 0.360 e. The van der Waals surface area contributed by atoms with Crippen LogP contribution in [0.2, 0.25) is 0 Å². The molecule has 0 radical (unpaired) electrons. The van der Waals surface area contributed by atoms with Crippen molar-refractivity contribution >= 4 is 23.1 Å². The van der Waals surface area contributed by atoms with Gasteiger partial charge >= 0.3 is 5.97 Å². The van der Waals surface area contributed by atoms with E-state index < -0.39 is 5.97 Å². The van der Waals surface area contributed by atoms with Crippen molar-refractivity contribution in [2.24, 2.45) is 5.92 Å². The van der Waals surface area contributed by atoms with Gasteiger partial charge in [0.1, 0.15) is 17.2 Å². The molecule has 0 bridgehead atoms. The largest absolute Gasteiger partial charge is 0.464 e. The zero-order valence-electron chi connectivity index (χ0n) is 11.0. The molecule has 0 fully saturated rings. The van der Waals surface area contributed by atoms with Gasteiger partial charge in [-0.2, -0.15) is 0 Å². The normalized spacial score (nSPS) is 10.9. The van der Waals surface area contributed by atoms with Crippen LogP contribution in [0, 0.1) is 5.92 Å². The predicted molar refractivity (Wildman–Crippen MR) is 71.3 cm³/mol. The van der Waals surface area contributed by atoms with Crippen molar-refractivity contribution in [1.29, 1.82) is 0 Å². The molecule has 0 aliphatic carbocycles. The maximum absolute atomic E-state index is 11.4. The molecule has 8 heteroatoms. The fourth-order valence-electron chi connectivity index (χ4n) is 1.54. The van der Waals surface area contributed by atoms with Crippen LogP contribution in [0.5, 0.6) is 0 Å². The molecule has 0 amide bonds. The second kappa shape index (κ2) is 5.35. The van der Waals surface area contributed by atoms with Gasteiger partial charge in [0.25, 0.3) is 0 Å². The third-order valence-electron chi connectivity index (χ3n) is 2.43. The number of carbonyl (C=O) groups excluding carboxylic acids is 1. The molecule has 0 atom stereocenters. The number of ether oxygens (including phenoxy) is 1. The van der Waals surface area contributed by atoms with Crippen LogP contribution in [0.3, 0.4) is 0 Å². The number of anilines is 1. The van der Waals surface area contributed by atoms with Gasteiger partial charge in [0.05, 0.1) is 7.11 Å². The molecule has 0 aliphatic heterocycles. The van der Waals surface area contributed by atoms with E-state index in [-0.39, 0.29) is 11.5 Å². The monoisotopic (exact) mass is 281 g/mol. The second-order valence-electron chi connectivity index (χ2n) is 4.42. The Morgan fingerprint density at radius 3 is 2.89 bits per heavy atom. The summed E-state index contributed by atoms with van der Waals surface area (Å²) in [6.07, 6.45) is 2.30. The molecule has 2 aromatic heterocycles. The number of imidazole rings is 1. The van der Waals surface area contributed by atoms with Gasteiger partial charge in [-0.25, -0.2) is 9.78 Å². The highest BCUT2D eigenvalue weighted by molar-refractivity contribution is 7.13. The molecule has 0 saturated carbocycles. The van der Waals surface area contributed by atoms with Crippen LogP contribution in [-0.4, -0.2) is 32.8 Å². The summed E-state index contributed by atoms with van der Waals surface area (Å²) < 4.78 is 6.13. The molecule has 19 heavy (non-hydrogen) atoms. The Labute approximate surface area is 114 Å². The van der Waals surface area contributed by atoms with Crippen molar-refractivity contribution in [2.75, 3.05) is 12.8 Å². The second-order valence-corrected chi connectivity index (χ2v) is 5.46. The minimum atomic E-state index is -0.567. The van der Waals surface area contributed by atoms with Gasteiger partial charge in [-0.3, -0.25) is 4.57 Å². The quantitative estimate of drug-likeness (QED) is 0.848. The van der Waals surface area contributed by atoms with E-state index in [4.69, 9.17) is 5.73 Å². The van der Waals surface area contributed by atoms with E-state index in [9.17, 15) is 4.79 Å². The first kappa shape index (κ1) is 13.5. The van der Waals surface area contributed by atoms with Crippen molar-refractivity contribution in [1.82, 2.24) is 19.7 Å². The van der Waals surface area contributed by atoms with Gasteiger partial charge in [-0.1, -0.05) is 25.2 Å². The Morgan fingerprint density at radius 1 is 1.53 bits per heavy atom. The standard InChI is InChI=1S/C11H15N5O2S/c1-6(2)4-7-14-15-11(19-7)16-5-13-8(9(16)12)10(17)18-3/h5-6H,4,12H2,1-3H3. The van der Waals surface area contributed by atoms with E-state index in [0.29, 0.717) is 11.0 Å². The van der Waals surface area contributed by atoms with Crippen LogP contribution in [0.1, 0.15) is 29.3 Å². The fourth-order valence-corrected chi connectivity index (χ4v) is 2.57. The summed E-state index contributed by atoms with van der Waals surface area (Å²) in [5.74, 6) is 0.147. The maximum Gasteiger partial charge on any atom is 0.360 e. The molecule has 2 rings (SSSR count). The van der Waals surface area contributed by atoms with Gasteiger partial charge in [0.2, 0.25) is 5.13 Å². The summed E-state index contributed by atoms with van der Waals surface area (Å²) in [6.45, 7) is 4.23. The van der Waals surface area contributed by atoms with E-state index in [1.807, 2.05) is 0 Å². The number of nitrogens with two attached hydrogens (primary N) is 1. The van der Waals surface area contributed by atoms with Crippen LogP contribution in [-0.2, 0) is 11.2 Å². The van der Waals surface area contributed by atoms with E-state index in [0.717, 1.165) is 11.4 Å². The average Bonchev–Trinajstić information content (AvgIpc) is 2.94. The third-order valence-corrected chi connectivity index (χ3v) is 3.37. The Morgan fingerprint density at radius 2 is 2.26 bits per heavy atom. The number of methoxy groups -OCH3 is 1. The van der Waals surface area contributed by atoms with E-state index in [1.54, 1.807) is 0 Å². The first-order chi connectivity index (χ1) is 9.02. The minimum absolute atomic E-state index is 0.0862. The molecule has 2 aromatic rings. The Kier molecular flexibility index (Phi) is 3.79. The van der Waals surface area contributed by atoms with E-state index in [1.165, 1.54) is 29.3 Å². The number of nitrogen functional groups attached to an aromatic ring is 1. The molecule has 7 nitrogen and oxygen atoms in total. The van der Waals surface area contributed by atoms with Gasteiger partial charge in [0, 0.05) is 6.42 Å². The number of hydrogen-bond acceptors (Lipinski definition) is 7. The van der Waals surface area contributed by atoms with Crippen molar-refractivity contribution < 1.29 is 9.53 Å². The van der Waals surface area contributed by atoms with Crippen LogP contribution in [0.4, 0.5) is 5.82 Å². The summed E-state index contributed by atoms with van der Waals surface area (Å²) in [5.41, 5.74) is 5.95. The van der Waals surface area contributed by atoms with E-state index >= 15 is 0 Å². The molecule has 102 valence electrons. The molecule has 2 heterocycles. The van der Waals surface area contributed by atoms with Crippen molar-refractivity contribution in [3.63, 3.8) is 0 Å². The van der Waals surface area contributed by atoms with Crippen LogP contribution < -0.4 is 5.73 Å². The van der Waals surface area contributed by atoms with E-state index in [2.05, 4.69) is 33.8 Å². The fraction of sp³-hybridized carbons (Fsp3) is 0.455. The molecular weight excluding hydrogens is 266 g/mol. The first-order valence-corrected chi connectivity index (χ1v) is 6.58. The first-order valence-electron chi connectivity index (χ1n) is 5.76. The van der Waals surface area contributed by atoms with Crippen molar-refractivity contribution in [3.8, 4) is 5.13 Å². The Balaban J connectivity index is 2.30. The SMILES string of the molecule is COC(=O)c1ncn(-c2nnc(CC(C)C)s2)c1N. The minimum Gasteiger partial charge on any atom is -0.464 e. The van der Waals surface area contributed by atoms with Gasteiger partial charge in [-0.05, 0) is 5.92 Å².